The van der Waals surface area contributed by atoms with Crippen LogP contribution in [0, 0.1) is 18.7 Å². The second-order valence-electron chi connectivity index (χ2n) is 9.94. The lowest BCUT2D eigenvalue weighted by Gasteiger charge is -2.36. The topological polar surface area (TPSA) is 130 Å². The Morgan fingerprint density at radius 1 is 1.24 bits per heavy atom. The average molecular weight is 526 g/mol. The molecule has 1 saturated heterocycles. The van der Waals surface area contributed by atoms with Crippen LogP contribution < -0.4 is 14.8 Å². The molecule has 3 aromatic rings. The summed E-state index contributed by atoms with van der Waals surface area (Å²) in [5.41, 5.74) is 2.70. The number of nitrogens with zero attached hydrogens (tertiary/aromatic N) is 3. The first-order chi connectivity index (χ1) is 18.3. The van der Waals surface area contributed by atoms with Crippen molar-refractivity contribution in [1.82, 2.24) is 25.2 Å². The molecule has 3 heterocycles. The molecule has 0 bridgehead atoms. The third kappa shape index (κ3) is 5.02. The van der Waals surface area contributed by atoms with Crippen LogP contribution >= 0.6 is 0 Å². The Bertz CT molecular complexity index is 1370. The molecule has 10 nitrogen and oxygen atoms in total. The number of hydrogen-bond donors (Lipinski definition) is 3. The van der Waals surface area contributed by atoms with Crippen molar-refractivity contribution < 1.29 is 28.6 Å². The number of carbonyl (C=O) groups excluding carboxylic acids is 2. The summed E-state index contributed by atoms with van der Waals surface area (Å²) < 4.78 is 25.8. The number of H-pyrrole nitrogens is 1. The van der Waals surface area contributed by atoms with Crippen LogP contribution in [0.3, 0.4) is 0 Å². The number of rotatable bonds is 8. The predicted molar refractivity (Wildman–Crippen MR) is 138 cm³/mol. The number of aryl methyl sites for hydroxylation is 1. The van der Waals surface area contributed by atoms with Gasteiger partial charge in [0.1, 0.15) is 23.3 Å². The summed E-state index contributed by atoms with van der Waals surface area (Å²) in [7, 11) is 1.39. The van der Waals surface area contributed by atoms with Gasteiger partial charge in [-0.3, -0.25) is 9.59 Å². The summed E-state index contributed by atoms with van der Waals surface area (Å²) in [5, 5.41) is 13.4. The number of aromatic nitrogens is 3. The second-order valence-corrected chi connectivity index (χ2v) is 9.94. The molecule has 202 valence electrons. The maximum absolute atomic E-state index is 14.6. The highest BCUT2D eigenvalue weighted by Crippen LogP contribution is 2.39. The van der Waals surface area contributed by atoms with Gasteiger partial charge < -0.3 is 29.8 Å². The fourth-order valence-corrected chi connectivity index (χ4v) is 4.86. The highest BCUT2D eigenvalue weighted by atomic mass is 19.1. The number of piperidine rings is 1. The molecule has 38 heavy (non-hydrogen) atoms. The minimum atomic E-state index is -0.770. The summed E-state index contributed by atoms with van der Waals surface area (Å²) in [4.78, 5) is 39.3. The molecule has 1 saturated carbocycles. The number of hydrogen-bond acceptors (Lipinski definition) is 7. The maximum Gasteiger partial charge on any atom is 0.255 e. The number of carbonyl (C=O) groups is 2. The van der Waals surface area contributed by atoms with Crippen LogP contribution in [0.4, 0.5) is 4.39 Å². The lowest BCUT2D eigenvalue weighted by molar-refractivity contribution is -0.133. The number of aliphatic hydroxyl groups is 1. The Morgan fingerprint density at radius 2 is 2.03 bits per heavy atom. The molecule has 11 heteroatoms. The zero-order valence-corrected chi connectivity index (χ0v) is 21.7. The van der Waals surface area contributed by atoms with E-state index in [1.807, 2.05) is 0 Å². The molecule has 2 aromatic heterocycles. The van der Waals surface area contributed by atoms with Gasteiger partial charge in [0.25, 0.3) is 5.91 Å². The smallest absolute Gasteiger partial charge is 0.255 e. The zero-order chi connectivity index (χ0) is 27.0. The minimum absolute atomic E-state index is 0.0220. The van der Waals surface area contributed by atoms with E-state index in [0.717, 1.165) is 12.8 Å². The third-order valence-corrected chi connectivity index (χ3v) is 7.23. The number of aromatic amines is 1. The van der Waals surface area contributed by atoms with E-state index < -0.39 is 23.9 Å². The van der Waals surface area contributed by atoms with Crippen molar-refractivity contribution in [2.24, 2.45) is 5.92 Å². The van der Waals surface area contributed by atoms with E-state index in [1.54, 1.807) is 18.7 Å². The maximum atomic E-state index is 14.6. The highest BCUT2D eigenvalue weighted by Gasteiger charge is 2.32. The van der Waals surface area contributed by atoms with Crippen LogP contribution in [0.25, 0.3) is 22.3 Å². The zero-order valence-electron chi connectivity index (χ0n) is 21.7. The molecular weight excluding hydrogens is 493 g/mol. The Labute approximate surface area is 219 Å². The van der Waals surface area contributed by atoms with Crippen LogP contribution in [0.2, 0.25) is 0 Å². The SMILES string of the molecule is CCC(=O)N1CC[C@@H](O)[C@@H](NC(=O)c2c(C)[nH]c3c(-c4cc(OC)c(F)cc4OCC4CC4)ncnc23)C1. The molecule has 1 aliphatic carbocycles. The molecule has 2 aliphatic rings. The van der Waals surface area contributed by atoms with Gasteiger partial charge >= 0.3 is 0 Å². The monoisotopic (exact) mass is 525 g/mol. The van der Waals surface area contributed by atoms with Gasteiger partial charge in [-0.1, -0.05) is 6.92 Å². The molecule has 0 spiro atoms. The third-order valence-electron chi connectivity index (χ3n) is 7.23. The van der Waals surface area contributed by atoms with Crippen molar-refractivity contribution >= 4 is 22.8 Å². The summed E-state index contributed by atoms with van der Waals surface area (Å²) >= 11 is 0. The first-order valence-electron chi connectivity index (χ1n) is 12.9. The number of nitrogens with one attached hydrogen (secondary N) is 2. The van der Waals surface area contributed by atoms with Crippen LogP contribution in [-0.2, 0) is 4.79 Å². The number of fused-ring (bicyclic) bond motifs is 1. The highest BCUT2D eigenvalue weighted by molar-refractivity contribution is 6.09. The number of methoxy groups -OCH3 is 1. The number of aliphatic hydroxyl groups excluding tert-OH is 1. The number of likely N-dealkylation sites (tertiary alicyclic amines) is 1. The van der Waals surface area contributed by atoms with Crippen LogP contribution in [-0.4, -0.2) is 75.7 Å². The van der Waals surface area contributed by atoms with Gasteiger partial charge in [0.05, 0.1) is 36.9 Å². The van der Waals surface area contributed by atoms with Crippen molar-refractivity contribution in [2.45, 2.75) is 51.7 Å². The predicted octanol–water partition coefficient (Wildman–Crippen LogP) is 2.97. The van der Waals surface area contributed by atoms with Gasteiger partial charge in [-0.25, -0.2) is 14.4 Å². The Hall–Kier alpha value is -3.73. The molecule has 2 atom stereocenters. The molecule has 2 fully saturated rings. The lowest BCUT2D eigenvalue weighted by Crippen LogP contribution is -2.56. The van der Waals surface area contributed by atoms with Gasteiger partial charge in [-0.05, 0) is 38.2 Å². The van der Waals surface area contributed by atoms with E-state index in [2.05, 4.69) is 20.3 Å². The molecule has 0 radical (unpaired) electrons. The molecule has 2 amide bonds. The minimum Gasteiger partial charge on any atom is -0.494 e. The summed E-state index contributed by atoms with van der Waals surface area (Å²) in [6, 6.07) is 2.22. The fourth-order valence-electron chi connectivity index (χ4n) is 4.86. The fraction of sp³-hybridized carbons (Fsp3) is 0.481. The van der Waals surface area contributed by atoms with Gasteiger partial charge in [0, 0.05) is 36.8 Å². The summed E-state index contributed by atoms with van der Waals surface area (Å²) in [6.45, 7) is 4.70. The quantitative estimate of drug-likeness (QED) is 0.412. The number of halogens is 1. The largest absolute Gasteiger partial charge is 0.494 e. The van der Waals surface area contributed by atoms with Gasteiger partial charge in [-0.15, -0.1) is 0 Å². The molecular formula is C27H32FN5O5. The normalized spacial score (nSPS) is 19.4. The molecule has 5 rings (SSSR count). The first-order valence-corrected chi connectivity index (χ1v) is 12.9. The number of benzene rings is 1. The van der Waals surface area contributed by atoms with E-state index in [4.69, 9.17) is 9.47 Å². The summed E-state index contributed by atoms with van der Waals surface area (Å²) in [5.74, 6) is -0.151. The van der Waals surface area contributed by atoms with Gasteiger partial charge in [0.15, 0.2) is 11.6 Å². The molecule has 1 aromatic carbocycles. The Kier molecular flexibility index (Phi) is 7.20. The van der Waals surface area contributed by atoms with Crippen molar-refractivity contribution in [3.63, 3.8) is 0 Å². The van der Waals surface area contributed by atoms with Crippen molar-refractivity contribution in [3.05, 3.63) is 35.5 Å². The van der Waals surface area contributed by atoms with Gasteiger partial charge in [-0.2, -0.15) is 0 Å². The van der Waals surface area contributed by atoms with Crippen molar-refractivity contribution in [2.75, 3.05) is 26.8 Å². The van der Waals surface area contributed by atoms with E-state index in [9.17, 15) is 19.1 Å². The summed E-state index contributed by atoms with van der Waals surface area (Å²) in [6.07, 6.45) is 3.48. The van der Waals surface area contributed by atoms with Crippen molar-refractivity contribution in [1.29, 1.82) is 0 Å². The average Bonchev–Trinajstić information content (AvgIpc) is 3.67. The Balaban J connectivity index is 1.49. The van der Waals surface area contributed by atoms with Crippen LogP contribution in [0.15, 0.2) is 18.5 Å². The lowest BCUT2D eigenvalue weighted by atomic mass is 10.0. The first kappa shape index (κ1) is 25.9. The molecule has 0 unspecified atom stereocenters. The number of ether oxygens (including phenoxy) is 2. The standard InChI is InChI=1S/C27H32FN5O5/c1-4-22(35)33-8-7-19(34)18(11-33)32-27(36)23-14(2)31-26-24(29-13-30-25(23)26)16-9-21(37-3)17(28)10-20(16)38-12-15-5-6-15/h9-10,13,15,18-19,31,34H,4-8,11-12H2,1-3H3,(H,32,36)/t18-,19+/m0/s1. The molecule has 1 aliphatic heterocycles. The molecule has 3 N–H and O–H groups in total. The van der Waals surface area contributed by atoms with E-state index in [0.29, 0.717) is 71.2 Å². The second kappa shape index (κ2) is 10.6. The van der Waals surface area contributed by atoms with Crippen LogP contribution in [0.1, 0.15) is 48.7 Å². The van der Waals surface area contributed by atoms with E-state index >= 15 is 0 Å². The van der Waals surface area contributed by atoms with E-state index in [1.165, 1.54) is 25.6 Å². The Morgan fingerprint density at radius 3 is 2.74 bits per heavy atom. The number of amides is 2. The van der Waals surface area contributed by atoms with Gasteiger partial charge in [0.2, 0.25) is 5.91 Å². The van der Waals surface area contributed by atoms with Crippen LogP contribution in [0.5, 0.6) is 11.5 Å². The van der Waals surface area contributed by atoms with Crippen molar-refractivity contribution in [3.8, 4) is 22.8 Å². The van der Waals surface area contributed by atoms with E-state index in [-0.39, 0.29) is 18.2 Å².